The third-order valence-corrected chi connectivity index (χ3v) is 4.88. The van der Waals surface area contributed by atoms with Gasteiger partial charge >= 0.3 is 5.69 Å². The topological polar surface area (TPSA) is 76.2 Å². The summed E-state index contributed by atoms with van der Waals surface area (Å²) in [6, 6.07) is 1.48. The molecule has 1 N–H and O–H groups in total. The Balaban J connectivity index is 1.93. The van der Waals surface area contributed by atoms with Crippen LogP contribution in [0, 0.1) is 17.0 Å². The lowest BCUT2D eigenvalue weighted by atomic mass is 9.98. The molecule has 2 aliphatic heterocycles. The van der Waals surface area contributed by atoms with Crippen molar-refractivity contribution >= 4 is 11.5 Å². The number of piperidine rings is 1. The molecule has 0 amide bonds. The SMILES string of the molecule is CCn1nc(C)c([N+](=O)[O-])c1N(C)C1CC2CCC(C1)N2. The summed E-state index contributed by atoms with van der Waals surface area (Å²) in [4.78, 5) is 13.2. The Morgan fingerprint density at radius 3 is 2.57 bits per heavy atom. The van der Waals surface area contributed by atoms with Crippen LogP contribution in [0.3, 0.4) is 0 Å². The molecule has 0 spiro atoms. The average Bonchev–Trinajstić information content (AvgIpc) is 2.97. The highest BCUT2D eigenvalue weighted by atomic mass is 16.6. The Kier molecular flexibility index (Phi) is 3.61. The lowest BCUT2D eigenvalue weighted by Crippen LogP contribution is -2.47. The van der Waals surface area contributed by atoms with Gasteiger partial charge in [-0.25, -0.2) is 4.68 Å². The van der Waals surface area contributed by atoms with E-state index in [-0.39, 0.29) is 10.6 Å². The third kappa shape index (κ3) is 2.39. The Morgan fingerprint density at radius 2 is 2.05 bits per heavy atom. The van der Waals surface area contributed by atoms with E-state index in [0.717, 1.165) is 12.8 Å². The zero-order valence-electron chi connectivity index (χ0n) is 12.9. The summed E-state index contributed by atoms with van der Waals surface area (Å²) in [6.07, 6.45) is 4.56. The average molecular weight is 293 g/mol. The molecule has 7 nitrogen and oxygen atoms in total. The van der Waals surface area contributed by atoms with E-state index in [0.29, 0.717) is 36.2 Å². The fourth-order valence-corrected chi connectivity index (χ4v) is 3.86. The maximum Gasteiger partial charge on any atom is 0.333 e. The van der Waals surface area contributed by atoms with Crippen LogP contribution in [0.25, 0.3) is 0 Å². The first kappa shape index (κ1) is 14.3. The summed E-state index contributed by atoms with van der Waals surface area (Å²) < 4.78 is 1.76. The Morgan fingerprint density at radius 1 is 1.43 bits per heavy atom. The molecule has 116 valence electrons. The smallest absolute Gasteiger partial charge is 0.333 e. The van der Waals surface area contributed by atoms with Crippen molar-refractivity contribution in [2.24, 2.45) is 0 Å². The van der Waals surface area contributed by atoms with Crippen LogP contribution in [0.4, 0.5) is 11.5 Å². The molecule has 0 aromatic carbocycles. The van der Waals surface area contributed by atoms with Crippen LogP contribution >= 0.6 is 0 Å². The van der Waals surface area contributed by atoms with Gasteiger partial charge in [-0.05, 0) is 39.5 Å². The van der Waals surface area contributed by atoms with E-state index < -0.39 is 0 Å². The molecule has 2 saturated heterocycles. The van der Waals surface area contributed by atoms with Crippen LogP contribution in [0.2, 0.25) is 0 Å². The van der Waals surface area contributed by atoms with E-state index in [4.69, 9.17) is 0 Å². The van der Waals surface area contributed by atoms with Crippen molar-refractivity contribution in [3.8, 4) is 0 Å². The summed E-state index contributed by atoms with van der Waals surface area (Å²) in [5.41, 5.74) is 0.658. The fourth-order valence-electron chi connectivity index (χ4n) is 3.86. The van der Waals surface area contributed by atoms with Gasteiger partial charge in [-0.2, -0.15) is 5.10 Å². The van der Waals surface area contributed by atoms with E-state index in [9.17, 15) is 10.1 Å². The highest BCUT2D eigenvalue weighted by molar-refractivity contribution is 5.61. The molecular weight excluding hydrogens is 270 g/mol. The van der Waals surface area contributed by atoms with Gasteiger partial charge in [0.05, 0.1) is 4.92 Å². The van der Waals surface area contributed by atoms with E-state index in [2.05, 4.69) is 15.3 Å². The normalized spacial score (nSPS) is 27.9. The van der Waals surface area contributed by atoms with Crippen LogP contribution in [-0.4, -0.2) is 39.9 Å². The number of nitrogens with zero attached hydrogens (tertiary/aromatic N) is 4. The monoisotopic (exact) mass is 293 g/mol. The zero-order chi connectivity index (χ0) is 15.1. The molecule has 1 aromatic heterocycles. The lowest BCUT2D eigenvalue weighted by molar-refractivity contribution is -0.384. The van der Waals surface area contributed by atoms with Gasteiger partial charge in [0.2, 0.25) is 5.82 Å². The van der Waals surface area contributed by atoms with Crippen LogP contribution in [0.1, 0.15) is 38.3 Å². The molecule has 0 aliphatic carbocycles. The molecule has 2 bridgehead atoms. The predicted molar refractivity (Wildman–Crippen MR) is 80.7 cm³/mol. The first-order chi connectivity index (χ1) is 10.0. The maximum atomic E-state index is 11.4. The van der Waals surface area contributed by atoms with Crippen LogP contribution < -0.4 is 10.2 Å². The van der Waals surface area contributed by atoms with Crippen molar-refractivity contribution in [1.29, 1.82) is 0 Å². The second-order valence-corrected chi connectivity index (χ2v) is 6.20. The Hall–Kier alpha value is -1.63. The van der Waals surface area contributed by atoms with Gasteiger partial charge in [0.25, 0.3) is 0 Å². The quantitative estimate of drug-likeness (QED) is 0.677. The zero-order valence-corrected chi connectivity index (χ0v) is 12.9. The van der Waals surface area contributed by atoms with Gasteiger partial charge in [-0.3, -0.25) is 10.1 Å². The fraction of sp³-hybridized carbons (Fsp3) is 0.786. The number of hydrogen-bond acceptors (Lipinski definition) is 5. The minimum absolute atomic E-state index is 0.158. The molecule has 2 atom stereocenters. The van der Waals surface area contributed by atoms with Crippen molar-refractivity contribution in [3.05, 3.63) is 15.8 Å². The standard InChI is InChI=1S/C14H23N5O2/c1-4-18-14(13(19(20)21)9(2)16-18)17(3)12-7-10-5-6-11(8-12)15-10/h10-12,15H,4-8H2,1-3H3. The number of fused-ring (bicyclic) bond motifs is 2. The molecule has 0 saturated carbocycles. The molecule has 2 unspecified atom stereocenters. The molecule has 0 radical (unpaired) electrons. The van der Waals surface area contributed by atoms with Gasteiger partial charge in [-0.1, -0.05) is 0 Å². The van der Waals surface area contributed by atoms with Crippen molar-refractivity contribution in [2.75, 3.05) is 11.9 Å². The van der Waals surface area contributed by atoms with Crippen molar-refractivity contribution in [3.63, 3.8) is 0 Å². The number of nitrogens with one attached hydrogen (secondary N) is 1. The number of hydrogen-bond donors (Lipinski definition) is 1. The largest absolute Gasteiger partial charge is 0.351 e. The van der Waals surface area contributed by atoms with Gasteiger partial charge in [0.15, 0.2) is 0 Å². The maximum absolute atomic E-state index is 11.4. The summed E-state index contributed by atoms with van der Waals surface area (Å²) in [6.45, 7) is 4.33. The second-order valence-electron chi connectivity index (χ2n) is 6.20. The molecule has 1 aromatic rings. The predicted octanol–water partition coefficient (Wildman–Crippen LogP) is 1.84. The van der Waals surface area contributed by atoms with E-state index in [1.54, 1.807) is 11.6 Å². The summed E-state index contributed by atoms with van der Waals surface area (Å²) in [5, 5.41) is 19.4. The van der Waals surface area contributed by atoms with Crippen molar-refractivity contribution in [1.82, 2.24) is 15.1 Å². The third-order valence-electron chi connectivity index (χ3n) is 4.88. The summed E-state index contributed by atoms with van der Waals surface area (Å²) in [7, 11) is 1.98. The number of nitro groups is 1. The molecule has 7 heteroatoms. The number of aryl methyl sites for hydroxylation is 2. The number of anilines is 1. The molecule has 3 rings (SSSR count). The minimum Gasteiger partial charge on any atom is -0.351 e. The number of aromatic nitrogens is 2. The summed E-state index contributed by atoms with van der Waals surface area (Å²) >= 11 is 0. The van der Waals surface area contributed by atoms with Crippen LogP contribution in [0.15, 0.2) is 0 Å². The first-order valence-electron chi connectivity index (χ1n) is 7.72. The Labute approximate surface area is 124 Å². The second kappa shape index (κ2) is 5.29. The Bertz CT molecular complexity index is 544. The van der Waals surface area contributed by atoms with E-state index in [1.807, 2.05) is 14.0 Å². The lowest BCUT2D eigenvalue weighted by Gasteiger charge is -2.36. The first-order valence-corrected chi connectivity index (χ1v) is 7.72. The highest BCUT2D eigenvalue weighted by Gasteiger charge is 2.38. The van der Waals surface area contributed by atoms with E-state index in [1.165, 1.54) is 12.8 Å². The molecule has 2 aliphatic rings. The van der Waals surface area contributed by atoms with Gasteiger partial charge in [0.1, 0.15) is 5.69 Å². The molecule has 21 heavy (non-hydrogen) atoms. The van der Waals surface area contributed by atoms with Gasteiger partial charge in [0, 0.05) is 31.7 Å². The van der Waals surface area contributed by atoms with Crippen molar-refractivity contribution < 1.29 is 4.92 Å². The summed E-state index contributed by atoms with van der Waals surface area (Å²) in [5.74, 6) is 0.659. The minimum atomic E-state index is -0.296. The molecule has 3 heterocycles. The van der Waals surface area contributed by atoms with Crippen LogP contribution in [-0.2, 0) is 6.54 Å². The highest BCUT2D eigenvalue weighted by Crippen LogP contribution is 2.36. The van der Waals surface area contributed by atoms with Crippen LogP contribution in [0.5, 0.6) is 0 Å². The van der Waals surface area contributed by atoms with Crippen molar-refractivity contribution in [2.45, 2.75) is 64.2 Å². The molecular formula is C14H23N5O2. The van der Waals surface area contributed by atoms with Gasteiger partial charge in [-0.15, -0.1) is 0 Å². The number of rotatable bonds is 4. The molecule has 2 fully saturated rings. The van der Waals surface area contributed by atoms with Gasteiger partial charge < -0.3 is 10.2 Å². The van der Waals surface area contributed by atoms with E-state index >= 15 is 0 Å².